The summed E-state index contributed by atoms with van der Waals surface area (Å²) in [5.41, 5.74) is 3.87. The third-order valence-corrected chi connectivity index (χ3v) is 3.15. The van der Waals surface area contributed by atoms with Crippen LogP contribution < -0.4 is 0 Å². The fourth-order valence-corrected chi connectivity index (χ4v) is 2.10. The molecule has 0 spiro atoms. The summed E-state index contributed by atoms with van der Waals surface area (Å²) in [7, 11) is 0. The largest absolute Gasteiger partial charge is 0.212 e. The van der Waals surface area contributed by atoms with Gasteiger partial charge in [0.25, 0.3) is 0 Å². The molecule has 0 nitrogen and oxygen atoms in total. The summed E-state index contributed by atoms with van der Waals surface area (Å²) >= 11 is 0. The normalized spacial score (nSPS) is 16.5. The monoisotopic (exact) mass is 234 g/mol. The molecule has 0 atom stereocenters. The van der Waals surface area contributed by atoms with E-state index in [1.807, 2.05) is 6.08 Å². The number of allylic oxidation sites excluding steroid dienone is 7. The molecule has 0 amide bonds. The zero-order chi connectivity index (χ0) is 12.7. The first-order valence-electron chi connectivity index (χ1n) is 6.52. The minimum absolute atomic E-state index is 0.0109. The van der Waals surface area contributed by atoms with E-state index in [0.29, 0.717) is 6.42 Å². The Kier molecular flexibility index (Phi) is 5.96. The standard InChI is InChI=1S/C16H23F/c1-4-6-13(2)7-5-8-14(3)15-9-11-16(17)12-10-15/h6,9,11H,3-5,7-8,10,12H2,1-2H3/b13-6+. The minimum Gasteiger partial charge on any atom is -0.212 e. The molecule has 0 bridgehead atoms. The summed E-state index contributed by atoms with van der Waals surface area (Å²) in [6.45, 7) is 8.45. The van der Waals surface area contributed by atoms with Gasteiger partial charge in [0.2, 0.25) is 0 Å². The quantitative estimate of drug-likeness (QED) is 0.521. The van der Waals surface area contributed by atoms with Crippen molar-refractivity contribution in [3.63, 3.8) is 0 Å². The maximum Gasteiger partial charge on any atom is 0.100 e. The highest BCUT2D eigenvalue weighted by molar-refractivity contribution is 5.35. The van der Waals surface area contributed by atoms with Gasteiger partial charge >= 0.3 is 0 Å². The van der Waals surface area contributed by atoms with E-state index in [1.54, 1.807) is 6.08 Å². The molecule has 0 fully saturated rings. The molecular weight excluding hydrogens is 211 g/mol. The molecule has 0 aromatic heterocycles. The number of hydrogen-bond acceptors (Lipinski definition) is 0. The first kappa shape index (κ1) is 14.0. The third kappa shape index (κ3) is 5.16. The van der Waals surface area contributed by atoms with Crippen LogP contribution in [-0.2, 0) is 0 Å². The number of halogens is 1. The average Bonchev–Trinajstić information content (AvgIpc) is 2.30. The van der Waals surface area contributed by atoms with Gasteiger partial charge in [-0.3, -0.25) is 0 Å². The van der Waals surface area contributed by atoms with Crippen molar-refractivity contribution in [3.05, 3.63) is 47.4 Å². The van der Waals surface area contributed by atoms with E-state index in [1.165, 1.54) is 16.7 Å². The molecule has 0 heterocycles. The van der Waals surface area contributed by atoms with Crippen molar-refractivity contribution in [3.8, 4) is 0 Å². The SMILES string of the molecule is C=C(CCC/C(C)=C/CC)C1=CC=C(F)CC1. The van der Waals surface area contributed by atoms with Gasteiger partial charge < -0.3 is 0 Å². The molecule has 0 saturated heterocycles. The van der Waals surface area contributed by atoms with Gasteiger partial charge in [0.05, 0.1) is 0 Å². The van der Waals surface area contributed by atoms with Crippen molar-refractivity contribution >= 4 is 0 Å². The van der Waals surface area contributed by atoms with Gasteiger partial charge in [0, 0.05) is 6.42 Å². The lowest BCUT2D eigenvalue weighted by Crippen LogP contribution is -1.94. The molecule has 94 valence electrons. The maximum atomic E-state index is 12.8. The highest BCUT2D eigenvalue weighted by atomic mass is 19.1. The van der Waals surface area contributed by atoms with E-state index in [0.717, 1.165) is 32.1 Å². The molecule has 0 radical (unpaired) electrons. The predicted octanol–water partition coefficient (Wildman–Crippen LogP) is 5.64. The Balaban J connectivity index is 2.33. The first-order valence-corrected chi connectivity index (χ1v) is 6.52. The molecule has 1 aliphatic carbocycles. The zero-order valence-corrected chi connectivity index (χ0v) is 11.1. The fraction of sp³-hybridized carbons (Fsp3) is 0.500. The van der Waals surface area contributed by atoms with E-state index in [9.17, 15) is 4.39 Å². The Labute approximate surface area is 105 Å². The summed E-state index contributed by atoms with van der Waals surface area (Å²) in [5.74, 6) is -0.0109. The van der Waals surface area contributed by atoms with Crippen molar-refractivity contribution in [2.24, 2.45) is 0 Å². The average molecular weight is 234 g/mol. The number of hydrogen-bond donors (Lipinski definition) is 0. The second-order valence-electron chi connectivity index (χ2n) is 4.72. The van der Waals surface area contributed by atoms with Crippen LogP contribution in [0.4, 0.5) is 4.39 Å². The number of rotatable bonds is 6. The molecule has 17 heavy (non-hydrogen) atoms. The van der Waals surface area contributed by atoms with Crippen LogP contribution in [0.3, 0.4) is 0 Å². The van der Waals surface area contributed by atoms with E-state index in [2.05, 4.69) is 26.5 Å². The summed E-state index contributed by atoms with van der Waals surface area (Å²) in [5, 5.41) is 0. The second kappa shape index (κ2) is 7.26. The highest BCUT2D eigenvalue weighted by Gasteiger charge is 2.08. The highest BCUT2D eigenvalue weighted by Crippen LogP contribution is 2.26. The van der Waals surface area contributed by atoms with Gasteiger partial charge in [-0.05, 0) is 50.7 Å². The second-order valence-corrected chi connectivity index (χ2v) is 4.72. The van der Waals surface area contributed by atoms with Crippen molar-refractivity contribution in [1.29, 1.82) is 0 Å². The molecule has 0 aromatic carbocycles. The lowest BCUT2D eigenvalue weighted by atomic mass is 9.94. The zero-order valence-electron chi connectivity index (χ0n) is 11.1. The van der Waals surface area contributed by atoms with Crippen LogP contribution in [0.5, 0.6) is 0 Å². The molecule has 0 aliphatic heterocycles. The lowest BCUT2D eigenvalue weighted by molar-refractivity contribution is 0.582. The molecule has 1 heteroatoms. The summed E-state index contributed by atoms with van der Waals surface area (Å²) in [6, 6.07) is 0. The van der Waals surface area contributed by atoms with Gasteiger partial charge in [-0.15, -0.1) is 0 Å². The van der Waals surface area contributed by atoms with Crippen molar-refractivity contribution in [1.82, 2.24) is 0 Å². The molecule has 0 unspecified atom stereocenters. The Bertz CT molecular complexity index is 356. The third-order valence-electron chi connectivity index (χ3n) is 3.15. The van der Waals surface area contributed by atoms with Gasteiger partial charge in [0.1, 0.15) is 5.83 Å². The topological polar surface area (TPSA) is 0 Å². The van der Waals surface area contributed by atoms with E-state index >= 15 is 0 Å². The predicted molar refractivity (Wildman–Crippen MR) is 73.5 cm³/mol. The summed E-state index contributed by atoms with van der Waals surface area (Å²) in [6.07, 6.45) is 11.5. The molecule has 0 aromatic rings. The Morgan fingerprint density at radius 3 is 2.71 bits per heavy atom. The Hall–Kier alpha value is -1.11. The van der Waals surface area contributed by atoms with Crippen molar-refractivity contribution < 1.29 is 4.39 Å². The van der Waals surface area contributed by atoms with Gasteiger partial charge in [-0.1, -0.05) is 36.8 Å². The summed E-state index contributed by atoms with van der Waals surface area (Å²) < 4.78 is 12.8. The first-order chi connectivity index (χ1) is 8.13. The fourth-order valence-electron chi connectivity index (χ4n) is 2.10. The van der Waals surface area contributed by atoms with Crippen LogP contribution in [0.1, 0.15) is 52.4 Å². The Morgan fingerprint density at radius 1 is 1.35 bits per heavy atom. The van der Waals surface area contributed by atoms with Gasteiger partial charge in [-0.2, -0.15) is 0 Å². The van der Waals surface area contributed by atoms with Crippen molar-refractivity contribution in [2.75, 3.05) is 0 Å². The summed E-state index contributed by atoms with van der Waals surface area (Å²) in [4.78, 5) is 0. The van der Waals surface area contributed by atoms with Crippen LogP contribution in [0.15, 0.2) is 47.4 Å². The van der Waals surface area contributed by atoms with Gasteiger partial charge in [-0.25, -0.2) is 4.39 Å². The smallest absolute Gasteiger partial charge is 0.100 e. The van der Waals surface area contributed by atoms with E-state index in [-0.39, 0.29) is 5.83 Å². The maximum absolute atomic E-state index is 12.8. The molecule has 1 rings (SSSR count). The molecule has 0 saturated carbocycles. The van der Waals surface area contributed by atoms with E-state index < -0.39 is 0 Å². The van der Waals surface area contributed by atoms with Crippen LogP contribution >= 0.6 is 0 Å². The molecular formula is C16H23F. The van der Waals surface area contributed by atoms with Crippen LogP contribution in [0.2, 0.25) is 0 Å². The van der Waals surface area contributed by atoms with Crippen LogP contribution in [-0.4, -0.2) is 0 Å². The van der Waals surface area contributed by atoms with E-state index in [4.69, 9.17) is 0 Å². The van der Waals surface area contributed by atoms with Gasteiger partial charge in [0.15, 0.2) is 0 Å². The Morgan fingerprint density at radius 2 is 2.12 bits per heavy atom. The minimum atomic E-state index is -0.0109. The lowest BCUT2D eigenvalue weighted by Gasteiger charge is -2.13. The van der Waals surface area contributed by atoms with Crippen molar-refractivity contribution in [2.45, 2.75) is 52.4 Å². The van der Waals surface area contributed by atoms with Crippen LogP contribution in [0.25, 0.3) is 0 Å². The molecule has 0 N–H and O–H groups in total. The molecule has 1 aliphatic rings. The van der Waals surface area contributed by atoms with Crippen LogP contribution in [0, 0.1) is 0 Å².